The lowest BCUT2D eigenvalue weighted by Crippen LogP contribution is -2.35. The Hall–Kier alpha value is -3.05. The fourth-order valence-electron chi connectivity index (χ4n) is 3.00. The van der Waals surface area contributed by atoms with Crippen molar-refractivity contribution in [3.8, 4) is 5.75 Å². The molecule has 1 amide bonds. The fourth-order valence-corrected chi connectivity index (χ4v) is 5.30. The number of para-hydroxylation sites is 1. The van der Waals surface area contributed by atoms with E-state index >= 15 is 0 Å². The molecule has 0 saturated carbocycles. The second-order valence-corrected chi connectivity index (χ2v) is 9.45. The zero-order valence-corrected chi connectivity index (χ0v) is 17.9. The summed E-state index contributed by atoms with van der Waals surface area (Å²) in [6, 6.07) is 14.1. The fraction of sp³-hybridized carbons (Fsp3) is 0.250. The highest BCUT2D eigenvalue weighted by Gasteiger charge is 2.33. The number of nitrogens with zero attached hydrogens (tertiary/aromatic N) is 2. The van der Waals surface area contributed by atoms with Gasteiger partial charge in [0.25, 0.3) is 15.9 Å². The second-order valence-electron chi connectivity index (χ2n) is 6.68. The molecule has 0 aromatic heterocycles. The van der Waals surface area contributed by atoms with Gasteiger partial charge < -0.3 is 19.7 Å². The van der Waals surface area contributed by atoms with Crippen molar-refractivity contribution >= 4 is 44.5 Å². The predicted molar refractivity (Wildman–Crippen MR) is 116 cm³/mol. The number of rotatable bonds is 7. The van der Waals surface area contributed by atoms with Crippen LogP contribution < -0.4 is 15.0 Å². The van der Waals surface area contributed by atoms with Crippen LogP contribution in [0, 0.1) is 0 Å². The lowest BCUT2D eigenvalue weighted by atomic mass is 10.2. The molecule has 2 aromatic rings. The zero-order valence-electron chi connectivity index (χ0n) is 16.3. The van der Waals surface area contributed by atoms with Crippen LogP contribution in [0.15, 0.2) is 57.8 Å². The number of amidine groups is 1. The van der Waals surface area contributed by atoms with E-state index in [2.05, 4.69) is 9.71 Å². The zero-order chi connectivity index (χ0) is 21.8. The molecular formula is C20H19N3O6S2. The number of nitrogens with one attached hydrogen (secondary N) is 1. The molecule has 0 bridgehead atoms. The van der Waals surface area contributed by atoms with Crippen LogP contribution in [0.3, 0.4) is 0 Å². The number of anilines is 1. The van der Waals surface area contributed by atoms with E-state index in [-0.39, 0.29) is 17.9 Å². The Morgan fingerprint density at radius 2 is 1.97 bits per heavy atom. The number of ether oxygens (including phenoxy) is 2. The topological polar surface area (TPSA) is 114 Å². The smallest absolute Gasteiger partial charge is 0.338 e. The van der Waals surface area contributed by atoms with Crippen LogP contribution in [-0.2, 0) is 19.6 Å². The first kappa shape index (κ1) is 21.2. The van der Waals surface area contributed by atoms with Gasteiger partial charge in [0, 0.05) is 11.4 Å². The Morgan fingerprint density at radius 3 is 2.77 bits per heavy atom. The minimum atomic E-state index is -3.44. The molecule has 0 aliphatic carbocycles. The summed E-state index contributed by atoms with van der Waals surface area (Å²) in [5, 5.41) is 3.00. The Labute approximate surface area is 183 Å². The van der Waals surface area contributed by atoms with E-state index in [4.69, 9.17) is 9.47 Å². The van der Waals surface area contributed by atoms with Crippen molar-refractivity contribution < 1.29 is 27.5 Å². The summed E-state index contributed by atoms with van der Waals surface area (Å²) in [6.45, 7) is 0.480. The largest absolute Gasteiger partial charge is 0.492 e. The predicted octanol–water partition coefficient (Wildman–Crippen LogP) is 1.65. The van der Waals surface area contributed by atoms with Gasteiger partial charge in [-0.3, -0.25) is 4.79 Å². The molecule has 2 heterocycles. The third kappa shape index (κ3) is 5.17. The van der Waals surface area contributed by atoms with E-state index in [9.17, 15) is 18.0 Å². The van der Waals surface area contributed by atoms with Crippen molar-refractivity contribution in [2.45, 2.75) is 4.90 Å². The number of esters is 1. The first-order chi connectivity index (χ1) is 14.9. The Morgan fingerprint density at radius 1 is 1.16 bits per heavy atom. The lowest BCUT2D eigenvalue weighted by molar-refractivity contribution is -0.124. The van der Waals surface area contributed by atoms with Crippen LogP contribution in [0.25, 0.3) is 0 Å². The lowest BCUT2D eigenvalue weighted by Gasteiger charge is -2.22. The number of benzene rings is 2. The number of carbonyl (C=O) groups is 2. The third-order valence-corrected chi connectivity index (χ3v) is 6.79. The quantitative estimate of drug-likeness (QED) is 0.489. The SMILES string of the molecule is O=C(COC(=O)c1ccc2c(c1)SC1=NS(=O)(=O)CCN12)NCCOc1ccccc1. The summed E-state index contributed by atoms with van der Waals surface area (Å²) >= 11 is 1.19. The normalized spacial score (nSPS) is 16.0. The highest BCUT2D eigenvalue weighted by Crippen LogP contribution is 2.42. The molecule has 162 valence electrons. The molecule has 2 aromatic carbocycles. The molecule has 0 unspecified atom stereocenters. The van der Waals surface area contributed by atoms with Crippen LogP contribution in [0.4, 0.5) is 5.69 Å². The molecule has 9 nitrogen and oxygen atoms in total. The van der Waals surface area contributed by atoms with Crippen LogP contribution in [0.2, 0.25) is 0 Å². The number of carbonyl (C=O) groups excluding carboxylic acids is 2. The molecule has 0 spiro atoms. The van der Waals surface area contributed by atoms with Gasteiger partial charge in [0.15, 0.2) is 11.8 Å². The number of sulfonamides is 1. The standard InChI is InChI=1S/C20H19N3O6S2/c24-18(21-8-10-28-15-4-2-1-3-5-15)13-29-19(25)14-6-7-16-17(12-14)30-20-22-31(26,27)11-9-23(16)20/h1-7,12H,8-11,13H2,(H,21,24). The molecule has 0 atom stereocenters. The highest BCUT2D eigenvalue weighted by molar-refractivity contribution is 8.15. The van der Waals surface area contributed by atoms with E-state index in [1.807, 2.05) is 30.3 Å². The maximum atomic E-state index is 12.3. The molecular weight excluding hydrogens is 442 g/mol. The van der Waals surface area contributed by atoms with Crippen LogP contribution in [0.5, 0.6) is 5.75 Å². The number of hydrogen-bond donors (Lipinski definition) is 1. The maximum Gasteiger partial charge on any atom is 0.338 e. The van der Waals surface area contributed by atoms with Gasteiger partial charge in [-0.25, -0.2) is 13.2 Å². The molecule has 2 aliphatic heterocycles. The number of amides is 1. The second kappa shape index (κ2) is 8.98. The molecule has 0 radical (unpaired) electrons. The first-order valence-corrected chi connectivity index (χ1v) is 11.9. The summed E-state index contributed by atoms with van der Waals surface area (Å²) in [6.07, 6.45) is 0. The van der Waals surface area contributed by atoms with E-state index in [1.165, 1.54) is 11.8 Å². The average Bonchev–Trinajstić information content (AvgIpc) is 3.11. The number of thioether (sulfide) groups is 1. The van der Waals surface area contributed by atoms with Crippen molar-refractivity contribution in [3.05, 3.63) is 54.1 Å². The first-order valence-electron chi connectivity index (χ1n) is 9.45. The van der Waals surface area contributed by atoms with Gasteiger partial charge in [0.2, 0.25) is 0 Å². The van der Waals surface area contributed by atoms with E-state index in [0.29, 0.717) is 29.0 Å². The van der Waals surface area contributed by atoms with Gasteiger partial charge in [-0.1, -0.05) is 18.2 Å². The minimum Gasteiger partial charge on any atom is -0.492 e. The van der Waals surface area contributed by atoms with Crippen LogP contribution in [0.1, 0.15) is 10.4 Å². The van der Waals surface area contributed by atoms with Crippen molar-refractivity contribution in [3.63, 3.8) is 0 Å². The minimum absolute atomic E-state index is 0.0498. The van der Waals surface area contributed by atoms with Gasteiger partial charge in [-0.2, -0.15) is 0 Å². The van der Waals surface area contributed by atoms with Gasteiger partial charge in [0.1, 0.15) is 12.4 Å². The van der Waals surface area contributed by atoms with Gasteiger partial charge in [-0.05, 0) is 42.1 Å². The monoisotopic (exact) mass is 461 g/mol. The summed E-state index contributed by atoms with van der Waals surface area (Å²) in [5.41, 5.74) is 1.07. The molecule has 11 heteroatoms. The van der Waals surface area contributed by atoms with Crippen molar-refractivity contribution in [1.82, 2.24) is 5.32 Å². The molecule has 31 heavy (non-hydrogen) atoms. The average molecular weight is 462 g/mol. The Bertz CT molecular complexity index is 1130. The molecule has 0 fully saturated rings. The molecule has 4 rings (SSSR count). The van der Waals surface area contributed by atoms with Crippen molar-refractivity contribution in [1.29, 1.82) is 0 Å². The summed E-state index contributed by atoms with van der Waals surface area (Å²) < 4.78 is 37.7. The maximum absolute atomic E-state index is 12.3. The van der Waals surface area contributed by atoms with E-state index in [1.54, 1.807) is 23.1 Å². The molecule has 2 aliphatic rings. The van der Waals surface area contributed by atoms with Crippen LogP contribution in [-0.4, -0.2) is 57.5 Å². The van der Waals surface area contributed by atoms with Gasteiger partial charge in [-0.15, -0.1) is 4.40 Å². The third-order valence-electron chi connectivity index (χ3n) is 4.48. The summed E-state index contributed by atoms with van der Waals surface area (Å²) in [4.78, 5) is 26.7. The summed E-state index contributed by atoms with van der Waals surface area (Å²) in [7, 11) is -3.44. The molecule has 1 N–H and O–H groups in total. The van der Waals surface area contributed by atoms with E-state index < -0.39 is 28.5 Å². The number of fused-ring (bicyclic) bond motifs is 3. The summed E-state index contributed by atoms with van der Waals surface area (Å²) in [5.74, 6) is -0.417. The number of hydrogen-bond acceptors (Lipinski definition) is 8. The van der Waals surface area contributed by atoms with Gasteiger partial charge >= 0.3 is 5.97 Å². The Balaban J connectivity index is 1.26. The van der Waals surface area contributed by atoms with Crippen molar-refractivity contribution in [2.24, 2.45) is 4.40 Å². The van der Waals surface area contributed by atoms with E-state index in [0.717, 1.165) is 5.69 Å². The Kier molecular flexibility index (Phi) is 6.14. The van der Waals surface area contributed by atoms with Crippen LogP contribution >= 0.6 is 11.8 Å². The highest BCUT2D eigenvalue weighted by atomic mass is 32.2. The molecule has 0 saturated heterocycles. The van der Waals surface area contributed by atoms with Crippen molar-refractivity contribution in [2.75, 3.05) is 37.0 Å². The van der Waals surface area contributed by atoms with Gasteiger partial charge in [0.05, 0.1) is 23.5 Å².